The maximum atomic E-state index is 12.2. The summed E-state index contributed by atoms with van der Waals surface area (Å²) in [5.74, 6) is 0. The molecule has 1 aliphatic rings. The molecule has 3 rings (SSSR count). The van der Waals surface area contributed by atoms with Gasteiger partial charge in [0.25, 0.3) is 0 Å². The highest BCUT2D eigenvalue weighted by Crippen LogP contribution is 2.30. The van der Waals surface area contributed by atoms with Gasteiger partial charge in [0.05, 0.1) is 6.54 Å². The molecule has 1 aromatic carbocycles. The van der Waals surface area contributed by atoms with Gasteiger partial charge in [-0.3, -0.25) is 0 Å². The molecule has 1 aromatic heterocycles. The summed E-state index contributed by atoms with van der Waals surface area (Å²) in [5, 5.41) is 1.84. The van der Waals surface area contributed by atoms with Crippen molar-refractivity contribution >= 4 is 28.6 Å². The molecule has 112 valence electrons. The van der Waals surface area contributed by atoms with Crippen molar-refractivity contribution in [2.45, 2.75) is 39.3 Å². The molecule has 0 unspecified atom stereocenters. The van der Waals surface area contributed by atoms with E-state index in [4.69, 9.17) is 16.3 Å². The van der Waals surface area contributed by atoms with Gasteiger partial charge in [-0.1, -0.05) is 17.7 Å². The summed E-state index contributed by atoms with van der Waals surface area (Å²) >= 11 is 6.03. The van der Waals surface area contributed by atoms with Crippen LogP contribution in [0.25, 0.3) is 10.9 Å². The standard InChI is InChI=1S/C16H19ClN2O2/c1-16(2,3)21-15(20)19-7-6-13-12(9-19)11-5-4-10(17)8-14(11)18-13/h4-5,8,18H,6-7,9H2,1-3H3. The Labute approximate surface area is 129 Å². The molecule has 5 heteroatoms. The number of hydrogen-bond acceptors (Lipinski definition) is 2. The highest BCUT2D eigenvalue weighted by Gasteiger charge is 2.27. The molecule has 1 amide bonds. The van der Waals surface area contributed by atoms with E-state index in [1.54, 1.807) is 4.90 Å². The van der Waals surface area contributed by atoms with Crippen LogP contribution in [0, 0.1) is 0 Å². The van der Waals surface area contributed by atoms with Crippen LogP contribution < -0.4 is 0 Å². The number of carbonyl (C=O) groups is 1. The Kier molecular flexibility index (Phi) is 3.36. The summed E-state index contributed by atoms with van der Waals surface area (Å²) in [6, 6.07) is 5.81. The Balaban J connectivity index is 1.88. The quantitative estimate of drug-likeness (QED) is 0.796. The van der Waals surface area contributed by atoms with Crippen molar-refractivity contribution in [2.24, 2.45) is 0 Å². The summed E-state index contributed by atoms with van der Waals surface area (Å²) in [6.45, 7) is 6.89. The zero-order valence-corrected chi connectivity index (χ0v) is 13.3. The fourth-order valence-electron chi connectivity index (χ4n) is 2.68. The molecule has 0 saturated heterocycles. The van der Waals surface area contributed by atoms with Gasteiger partial charge in [-0.05, 0) is 32.9 Å². The van der Waals surface area contributed by atoms with Gasteiger partial charge in [-0.15, -0.1) is 0 Å². The van der Waals surface area contributed by atoms with Gasteiger partial charge >= 0.3 is 6.09 Å². The molecule has 0 radical (unpaired) electrons. The topological polar surface area (TPSA) is 45.3 Å². The summed E-state index contributed by atoms with van der Waals surface area (Å²) in [5.41, 5.74) is 2.91. The van der Waals surface area contributed by atoms with E-state index in [9.17, 15) is 4.79 Å². The molecule has 4 nitrogen and oxygen atoms in total. The molecule has 0 atom stereocenters. The number of H-pyrrole nitrogens is 1. The molecule has 2 heterocycles. The van der Waals surface area contributed by atoms with Crippen LogP contribution in [0.3, 0.4) is 0 Å². The van der Waals surface area contributed by atoms with Crippen molar-refractivity contribution < 1.29 is 9.53 Å². The minimum atomic E-state index is -0.467. The van der Waals surface area contributed by atoms with Crippen LogP contribution in [0.1, 0.15) is 32.0 Å². The first-order valence-electron chi connectivity index (χ1n) is 7.10. The first kappa shape index (κ1) is 14.3. The van der Waals surface area contributed by atoms with E-state index in [1.165, 1.54) is 11.3 Å². The lowest BCUT2D eigenvalue weighted by Gasteiger charge is -2.30. The first-order valence-corrected chi connectivity index (χ1v) is 7.48. The SMILES string of the molecule is CC(C)(C)OC(=O)N1CCc2[nH]c3cc(Cl)ccc3c2C1. The number of carbonyl (C=O) groups excluding carboxylic acids is 1. The predicted octanol–water partition coefficient (Wildman–Crippen LogP) is 4.11. The van der Waals surface area contributed by atoms with Crippen LogP contribution in [-0.4, -0.2) is 28.1 Å². The van der Waals surface area contributed by atoms with Crippen LogP contribution >= 0.6 is 11.6 Å². The second-order valence-corrected chi connectivity index (χ2v) is 6.86. The highest BCUT2D eigenvalue weighted by molar-refractivity contribution is 6.31. The van der Waals surface area contributed by atoms with Crippen LogP contribution in [0.2, 0.25) is 5.02 Å². The number of rotatable bonds is 0. The molecule has 21 heavy (non-hydrogen) atoms. The minimum absolute atomic E-state index is 0.253. The fourth-order valence-corrected chi connectivity index (χ4v) is 2.85. The maximum Gasteiger partial charge on any atom is 0.410 e. The summed E-state index contributed by atoms with van der Waals surface area (Å²) in [7, 11) is 0. The van der Waals surface area contributed by atoms with Crippen molar-refractivity contribution in [3.8, 4) is 0 Å². The van der Waals surface area contributed by atoms with Crippen molar-refractivity contribution in [1.82, 2.24) is 9.88 Å². The number of amides is 1. The second kappa shape index (κ2) is 4.95. The maximum absolute atomic E-state index is 12.2. The molecule has 0 saturated carbocycles. The molecular weight excluding hydrogens is 288 g/mol. The van der Waals surface area contributed by atoms with Gasteiger partial charge in [-0.2, -0.15) is 0 Å². The number of fused-ring (bicyclic) bond motifs is 3. The van der Waals surface area contributed by atoms with E-state index < -0.39 is 5.60 Å². The van der Waals surface area contributed by atoms with Crippen molar-refractivity contribution in [2.75, 3.05) is 6.54 Å². The van der Waals surface area contributed by atoms with E-state index in [0.29, 0.717) is 18.1 Å². The number of aromatic amines is 1. The van der Waals surface area contributed by atoms with Gasteiger partial charge < -0.3 is 14.6 Å². The zero-order valence-electron chi connectivity index (χ0n) is 12.5. The number of nitrogens with one attached hydrogen (secondary N) is 1. The molecule has 2 aromatic rings. The molecule has 0 bridgehead atoms. The normalized spacial score (nSPS) is 15.1. The lowest BCUT2D eigenvalue weighted by atomic mass is 10.0. The molecule has 0 fully saturated rings. The third-order valence-electron chi connectivity index (χ3n) is 3.59. The smallest absolute Gasteiger partial charge is 0.410 e. The predicted molar refractivity (Wildman–Crippen MR) is 83.7 cm³/mol. The van der Waals surface area contributed by atoms with E-state index in [2.05, 4.69) is 4.98 Å². The molecule has 0 spiro atoms. The third-order valence-corrected chi connectivity index (χ3v) is 3.82. The lowest BCUT2D eigenvalue weighted by Crippen LogP contribution is -2.39. The van der Waals surface area contributed by atoms with E-state index in [-0.39, 0.29) is 6.09 Å². The monoisotopic (exact) mass is 306 g/mol. The minimum Gasteiger partial charge on any atom is -0.444 e. The van der Waals surface area contributed by atoms with Crippen LogP contribution in [-0.2, 0) is 17.7 Å². The first-order chi connectivity index (χ1) is 9.83. The summed E-state index contributed by atoms with van der Waals surface area (Å²) in [6.07, 6.45) is 0.553. The lowest BCUT2D eigenvalue weighted by molar-refractivity contribution is 0.0224. The van der Waals surface area contributed by atoms with Crippen LogP contribution in [0.5, 0.6) is 0 Å². The number of nitrogens with zero attached hydrogens (tertiary/aromatic N) is 1. The fraction of sp³-hybridized carbons (Fsp3) is 0.438. The third kappa shape index (κ3) is 2.86. The van der Waals surface area contributed by atoms with Crippen LogP contribution in [0.4, 0.5) is 4.79 Å². The van der Waals surface area contributed by atoms with Crippen molar-refractivity contribution in [3.63, 3.8) is 0 Å². The molecular formula is C16H19ClN2O2. The average molecular weight is 307 g/mol. The molecule has 1 N–H and O–H groups in total. The molecule has 1 aliphatic heterocycles. The Hall–Kier alpha value is -1.68. The van der Waals surface area contributed by atoms with Crippen molar-refractivity contribution in [1.29, 1.82) is 0 Å². The number of benzene rings is 1. The Morgan fingerprint density at radius 2 is 2.14 bits per heavy atom. The number of ether oxygens (including phenoxy) is 1. The average Bonchev–Trinajstić information content (AvgIpc) is 2.72. The highest BCUT2D eigenvalue weighted by atomic mass is 35.5. The van der Waals surface area contributed by atoms with Gasteiger partial charge in [0.1, 0.15) is 5.60 Å². The van der Waals surface area contributed by atoms with E-state index >= 15 is 0 Å². The Morgan fingerprint density at radius 3 is 2.86 bits per heavy atom. The Bertz CT molecular complexity index is 700. The van der Waals surface area contributed by atoms with Crippen LogP contribution in [0.15, 0.2) is 18.2 Å². The van der Waals surface area contributed by atoms with Gasteiger partial charge in [0.2, 0.25) is 0 Å². The Morgan fingerprint density at radius 1 is 1.38 bits per heavy atom. The molecule has 0 aliphatic carbocycles. The zero-order chi connectivity index (χ0) is 15.2. The van der Waals surface area contributed by atoms with Gasteiger partial charge in [0.15, 0.2) is 0 Å². The van der Waals surface area contributed by atoms with Gasteiger partial charge in [-0.25, -0.2) is 4.79 Å². The number of halogens is 1. The summed E-state index contributed by atoms with van der Waals surface area (Å²) < 4.78 is 5.46. The second-order valence-electron chi connectivity index (χ2n) is 6.42. The number of hydrogen-bond donors (Lipinski definition) is 1. The van der Waals surface area contributed by atoms with Gasteiger partial charge in [0, 0.05) is 40.1 Å². The number of aromatic nitrogens is 1. The van der Waals surface area contributed by atoms with E-state index in [0.717, 1.165) is 17.3 Å². The van der Waals surface area contributed by atoms with E-state index in [1.807, 2.05) is 39.0 Å². The van der Waals surface area contributed by atoms with Crippen molar-refractivity contribution in [3.05, 3.63) is 34.5 Å². The largest absolute Gasteiger partial charge is 0.444 e. The summed E-state index contributed by atoms with van der Waals surface area (Å²) in [4.78, 5) is 17.4.